The topological polar surface area (TPSA) is 37.7 Å². The Kier molecular flexibility index (Phi) is 6.79. The molecular formula is C20H28N3OS+. The normalized spacial score (nSPS) is 11.9. The number of ether oxygens (including phenoxy) is 1. The predicted octanol–water partition coefficient (Wildman–Crippen LogP) is 2.48. The molecule has 0 aromatic heterocycles. The molecule has 25 heavy (non-hydrogen) atoms. The summed E-state index contributed by atoms with van der Waals surface area (Å²) >= 11 is 5.47. The first-order valence-electron chi connectivity index (χ1n) is 8.46. The van der Waals surface area contributed by atoms with E-state index < -0.39 is 0 Å². The van der Waals surface area contributed by atoms with Crippen molar-refractivity contribution in [2.75, 3.05) is 33.1 Å². The van der Waals surface area contributed by atoms with E-state index in [-0.39, 0.29) is 6.04 Å². The molecule has 0 saturated heterocycles. The highest BCUT2D eigenvalue weighted by atomic mass is 32.1. The van der Waals surface area contributed by atoms with Gasteiger partial charge in [-0.1, -0.05) is 18.2 Å². The van der Waals surface area contributed by atoms with Gasteiger partial charge in [0.15, 0.2) is 5.11 Å². The number of quaternary nitrogens is 1. The molecule has 0 aliphatic heterocycles. The fourth-order valence-electron chi connectivity index (χ4n) is 2.93. The second-order valence-electron chi connectivity index (χ2n) is 6.62. The zero-order valence-corrected chi connectivity index (χ0v) is 16.5. The van der Waals surface area contributed by atoms with Crippen molar-refractivity contribution in [3.63, 3.8) is 0 Å². The van der Waals surface area contributed by atoms with E-state index in [4.69, 9.17) is 17.0 Å². The predicted molar refractivity (Wildman–Crippen MR) is 109 cm³/mol. The summed E-state index contributed by atoms with van der Waals surface area (Å²) in [5, 5.41) is 7.26. The third kappa shape index (κ3) is 5.73. The van der Waals surface area contributed by atoms with Crippen molar-refractivity contribution in [2.45, 2.75) is 19.9 Å². The molecule has 2 rings (SSSR count). The standard InChI is InChI=1S/C20H27N3OS/c1-14-9-15(2)11-17(10-14)22-20(25)21-13-19(23(3)4)16-7-6-8-18(12-16)24-5/h6-12,19H,13H2,1-5H3,(H2,21,22,25)/p+1/t19-/m0/s1. The van der Waals surface area contributed by atoms with Gasteiger partial charge in [0.1, 0.15) is 11.8 Å². The van der Waals surface area contributed by atoms with E-state index in [0.29, 0.717) is 5.11 Å². The number of nitrogens with one attached hydrogen (secondary N) is 3. The van der Waals surface area contributed by atoms with Crippen LogP contribution in [0.3, 0.4) is 0 Å². The van der Waals surface area contributed by atoms with Gasteiger partial charge in [0.05, 0.1) is 27.7 Å². The molecule has 0 unspecified atom stereocenters. The van der Waals surface area contributed by atoms with Crippen LogP contribution >= 0.6 is 12.2 Å². The lowest BCUT2D eigenvalue weighted by Gasteiger charge is -2.23. The van der Waals surface area contributed by atoms with E-state index in [1.165, 1.54) is 21.6 Å². The summed E-state index contributed by atoms with van der Waals surface area (Å²) in [6, 6.07) is 14.8. The number of hydrogen-bond acceptors (Lipinski definition) is 2. The number of benzene rings is 2. The highest BCUT2D eigenvalue weighted by molar-refractivity contribution is 7.80. The molecule has 0 heterocycles. The molecule has 0 fully saturated rings. The third-order valence-corrected chi connectivity index (χ3v) is 4.39. The molecule has 4 nitrogen and oxygen atoms in total. The van der Waals surface area contributed by atoms with Gasteiger partial charge in [-0.05, 0) is 61.5 Å². The van der Waals surface area contributed by atoms with Crippen molar-refractivity contribution in [1.82, 2.24) is 5.32 Å². The molecule has 2 aromatic rings. The largest absolute Gasteiger partial charge is 0.497 e. The van der Waals surface area contributed by atoms with Gasteiger partial charge < -0.3 is 20.3 Å². The van der Waals surface area contributed by atoms with Gasteiger partial charge in [0, 0.05) is 11.3 Å². The minimum Gasteiger partial charge on any atom is -0.497 e. The van der Waals surface area contributed by atoms with Gasteiger partial charge in [-0.2, -0.15) is 0 Å². The maximum atomic E-state index is 5.47. The van der Waals surface area contributed by atoms with E-state index in [0.717, 1.165) is 18.0 Å². The van der Waals surface area contributed by atoms with Gasteiger partial charge in [-0.25, -0.2) is 0 Å². The maximum Gasteiger partial charge on any atom is 0.171 e. The zero-order chi connectivity index (χ0) is 18.4. The fraction of sp³-hybridized carbons (Fsp3) is 0.350. The number of hydrogen-bond donors (Lipinski definition) is 3. The smallest absolute Gasteiger partial charge is 0.171 e. The lowest BCUT2D eigenvalue weighted by molar-refractivity contribution is -0.890. The molecule has 2 aromatic carbocycles. The Morgan fingerprint density at radius 2 is 1.80 bits per heavy atom. The summed E-state index contributed by atoms with van der Waals surface area (Å²) in [5.41, 5.74) is 4.68. The van der Waals surface area contributed by atoms with Gasteiger partial charge >= 0.3 is 0 Å². The Labute approximate surface area is 156 Å². The molecule has 0 bridgehead atoms. The van der Waals surface area contributed by atoms with Gasteiger partial charge in [-0.3, -0.25) is 0 Å². The summed E-state index contributed by atoms with van der Waals surface area (Å²) in [6.07, 6.45) is 0. The Bertz CT molecular complexity index is 710. The van der Waals surface area contributed by atoms with Crippen LogP contribution in [0.15, 0.2) is 42.5 Å². The van der Waals surface area contributed by atoms with Crippen LogP contribution in [-0.4, -0.2) is 32.9 Å². The fourth-order valence-corrected chi connectivity index (χ4v) is 3.13. The lowest BCUT2D eigenvalue weighted by atomic mass is 10.1. The molecule has 0 aliphatic rings. The van der Waals surface area contributed by atoms with Crippen LogP contribution in [0.2, 0.25) is 0 Å². The molecule has 134 valence electrons. The van der Waals surface area contributed by atoms with E-state index in [1.54, 1.807) is 7.11 Å². The van der Waals surface area contributed by atoms with E-state index in [9.17, 15) is 0 Å². The quantitative estimate of drug-likeness (QED) is 0.694. The number of methoxy groups -OCH3 is 1. The van der Waals surface area contributed by atoms with Crippen molar-refractivity contribution in [3.05, 3.63) is 59.2 Å². The Hall–Kier alpha value is -2.11. The minimum atomic E-state index is 0.272. The van der Waals surface area contributed by atoms with Gasteiger partial charge in [-0.15, -0.1) is 0 Å². The molecule has 1 atom stereocenters. The third-order valence-electron chi connectivity index (χ3n) is 4.14. The Balaban J connectivity index is 2.01. The number of rotatable bonds is 6. The average molecular weight is 359 g/mol. The van der Waals surface area contributed by atoms with Crippen molar-refractivity contribution >= 4 is 23.0 Å². The Morgan fingerprint density at radius 1 is 1.12 bits per heavy atom. The second kappa shape index (κ2) is 8.83. The van der Waals surface area contributed by atoms with E-state index >= 15 is 0 Å². The highest BCUT2D eigenvalue weighted by Gasteiger charge is 2.18. The molecule has 5 heteroatoms. The first kappa shape index (κ1) is 19.2. The van der Waals surface area contributed by atoms with E-state index in [2.05, 4.69) is 68.9 Å². The summed E-state index contributed by atoms with van der Waals surface area (Å²) in [5.74, 6) is 0.875. The summed E-state index contributed by atoms with van der Waals surface area (Å²) in [6.45, 7) is 4.91. The summed E-state index contributed by atoms with van der Waals surface area (Å²) < 4.78 is 5.34. The first-order valence-corrected chi connectivity index (χ1v) is 8.87. The monoisotopic (exact) mass is 358 g/mol. The molecule has 3 N–H and O–H groups in total. The van der Waals surface area contributed by atoms with Gasteiger partial charge in [0.25, 0.3) is 0 Å². The van der Waals surface area contributed by atoms with Crippen molar-refractivity contribution in [1.29, 1.82) is 0 Å². The van der Waals surface area contributed by atoms with Crippen molar-refractivity contribution < 1.29 is 9.64 Å². The molecule has 0 amide bonds. The number of aryl methyl sites for hydroxylation is 2. The van der Waals surface area contributed by atoms with Crippen LogP contribution < -0.4 is 20.3 Å². The minimum absolute atomic E-state index is 0.272. The number of anilines is 1. The van der Waals surface area contributed by atoms with Crippen LogP contribution in [-0.2, 0) is 0 Å². The van der Waals surface area contributed by atoms with Crippen molar-refractivity contribution in [2.24, 2.45) is 0 Å². The van der Waals surface area contributed by atoms with Crippen LogP contribution in [0.1, 0.15) is 22.7 Å². The number of thiocarbonyl (C=S) groups is 1. The maximum absolute atomic E-state index is 5.47. The second-order valence-corrected chi connectivity index (χ2v) is 7.03. The van der Waals surface area contributed by atoms with Gasteiger partial charge in [0.2, 0.25) is 0 Å². The Morgan fingerprint density at radius 3 is 2.40 bits per heavy atom. The average Bonchev–Trinajstić information content (AvgIpc) is 2.54. The summed E-state index contributed by atoms with van der Waals surface area (Å²) in [7, 11) is 5.98. The van der Waals surface area contributed by atoms with Crippen LogP contribution in [0.5, 0.6) is 5.75 Å². The highest BCUT2D eigenvalue weighted by Crippen LogP contribution is 2.17. The lowest BCUT2D eigenvalue weighted by Crippen LogP contribution is -3.07. The van der Waals surface area contributed by atoms with Crippen LogP contribution in [0, 0.1) is 13.8 Å². The first-order chi connectivity index (χ1) is 11.9. The molecule has 0 saturated carbocycles. The van der Waals surface area contributed by atoms with Crippen LogP contribution in [0.25, 0.3) is 0 Å². The molecule has 0 radical (unpaired) electrons. The molecular weight excluding hydrogens is 330 g/mol. The van der Waals surface area contributed by atoms with E-state index in [1.807, 2.05) is 12.1 Å². The SMILES string of the molecule is COc1cccc([C@H](CNC(=S)Nc2cc(C)cc(C)c2)[NH+](C)C)c1. The zero-order valence-electron chi connectivity index (χ0n) is 15.6. The number of likely N-dealkylation sites (N-methyl/N-ethyl adjacent to an activating group) is 1. The molecule has 0 spiro atoms. The summed E-state index contributed by atoms with van der Waals surface area (Å²) in [4.78, 5) is 1.33. The molecule has 0 aliphatic carbocycles. The van der Waals surface area contributed by atoms with Crippen molar-refractivity contribution in [3.8, 4) is 5.75 Å². The van der Waals surface area contributed by atoms with Crippen LogP contribution in [0.4, 0.5) is 5.69 Å².